The van der Waals surface area contributed by atoms with Crippen molar-refractivity contribution in [3.63, 3.8) is 0 Å². The van der Waals surface area contributed by atoms with E-state index >= 15 is 0 Å². The topological polar surface area (TPSA) is 109 Å². The van der Waals surface area contributed by atoms with Gasteiger partial charge in [0.1, 0.15) is 9.79 Å². The molecule has 0 saturated carbocycles. The Kier molecular flexibility index (Phi) is 5.02. The van der Waals surface area contributed by atoms with Gasteiger partial charge in [0.05, 0.1) is 0 Å². The SMILES string of the molecule is Cc1c(Cl)ccc(-c2ccc(Cl)c(C)c2S(=O)(=O)O)c1S(=O)(=O)O. The molecule has 0 aromatic heterocycles. The van der Waals surface area contributed by atoms with Gasteiger partial charge in [-0.2, -0.15) is 16.8 Å². The van der Waals surface area contributed by atoms with Gasteiger partial charge in [0, 0.05) is 21.2 Å². The highest BCUT2D eigenvalue weighted by atomic mass is 35.5. The van der Waals surface area contributed by atoms with Crippen LogP contribution in [-0.4, -0.2) is 25.9 Å². The van der Waals surface area contributed by atoms with Crippen LogP contribution in [-0.2, 0) is 20.2 Å². The summed E-state index contributed by atoms with van der Waals surface area (Å²) in [5.41, 5.74) is -0.144. The van der Waals surface area contributed by atoms with Gasteiger partial charge >= 0.3 is 0 Å². The quantitative estimate of drug-likeness (QED) is 0.745. The molecule has 0 aliphatic heterocycles. The molecule has 2 rings (SSSR count). The molecule has 0 fully saturated rings. The molecular formula is C14H12Cl2O6S2. The maximum Gasteiger partial charge on any atom is 0.295 e. The van der Waals surface area contributed by atoms with Gasteiger partial charge in [-0.1, -0.05) is 35.3 Å². The van der Waals surface area contributed by atoms with Gasteiger partial charge in [0.25, 0.3) is 20.2 Å². The van der Waals surface area contributed by atoms with E-state index in [0.717, 1.165) is 0 Å². The number of rotatable bonds is 3. The fourth-order valence-electron chi connectivity index (χ4n) is 2.42. The molecule has 2 aromatic carbocycles. The Balaban J connectivity index is 3.06. The normalized spacial score (nSPS) is 12.4. The Morgan fingerprint density at radius 1 is 0.708 bits per heavy atom. The molecule has 0 heterocycles. The van der Waals surface area contributed by atoms with Crippen LogP contribution < -0.4 is 0 Å². The van der Waals surface area contributed by atoms with E-state index in [1.165, 1.54) is 38.1 Å². The first-order chi connectivity index (χ1) is 10.9. The molecule has 0 aliphatic carbocycles. The smallest absolute Gasteiger partial charge is 0.282 e. The molecule has 130 valence electrons. The summed E-state index contributed by atoms with van der Waals surface area (Å²) in [6, 6.07) is 5.21. The largest absolute Gasteiger partial charge is 0.295 e. The Labute approximate surface area is 149 Å². The molecule has 0 amide bonds. The van der Waals surface area contributed by atoms with Crippen molar-refractivity contribution >= 4 is 43.4 Å². The standard InChI is InChI=1S/C14H12Cl2O6S2/c1-7-11(15)5-3-9(13(7)23(17,18)19)10-4-6-12(16)8(2)14(10)24(20,21)22/h3-6H,1-2H3,(H,17,18,19)(H,20,21,22). The predicted molar refractivity (Wildman–Crippen MR) is 91.0 cm³/mol. The van der Waals surface area contributed by atoms with E-state index in [9.17, 15) is 25.9 Å². The van der Waals surface area contributed by atoms with Crippen LogP contribution in [0.2, 0.25) is 10.0 Å². The molecule has 10 heteroatoms. The third-order valence-corrected chi connectivity index (χ3v) is 6.39. The van der Waals surface area contributed by atoms with E-state index in [1.54, 1.807) is 0 Å². The molecule has 0 atom stereocenters. The van der Waals surface area contributed by atoms with Crippen molar-refractivity contribution in [3.05, 3.63) is 45.4 Å². The first-order valence-corrected chi connectivity index (χ1v) is 10.0. The van der Waals surface area contributed by atoms with Gasteiger partial charge in [-0.15, -0.1) is 0 Å². The summed E-state index contributed by atoms with van der Waals surface area (Å²) in [6.07, 6.45) is 0. The van der Waals surface area contributed by atoms with Gasteiger partial charge < -0.3 is 0 Å². The predicted octanol–water partition coefficient (Wildman–Crippen LogP) is 3.77. The molecule has 0 unspecified atom stereocenters. The molecule has 0 bridgehead atoms. The summed E-state index contributed by atoms with van der Waals surface area (Å²) in [6.45, 7) is 2.73. The number of hydrogen-bond acceptors (Lipinski definition) is 4. The second-order valence-electron chi connectivity index (χ2n) is 5.05. The maximum absolute atomic E-state index is 11.8. The highest BCUT2D eigenvalue weighted by Gasteiger charge is 2.27. The van der Waals surface area contributed by atoms with E-state index in [-0.39, 0.29) is 32.3 Å². The van der Waals surface area contributed by atoms with E-state index in [2.05, 4.69) is 0 Å². The molecule has 24 heavy (non-hydrogen) atoms. The summed E-state index contributed by atoms with van der Waals surface area (Å²) < 4.78 is 66.1. The van der Waals surface area contributed by atoms with Gasteiger partial charge in [-0.05, 0) is 37.1 Å². The monoisotopic (exact) mass is 410 g/mol. The lowest BCUT2D eigenvalue weighted by Gasteiger charge is -2.16. The van der Waals surface area contributed by atoms with Crippen LogP contribution >= 0.6 is 23.2 Å². The lowest BCUT2D eigenvalue weighted by molar-refractivity contribution is 0.479. The molecule has 2 N–H and O–H groups in total. The zero-order valence-corrected chi connectivity index (χ0v) is 15.6. The zero-order chi connectivity index (χ0) is 18.4. The van der Waals surface area contributed by atoms with Crippen LogP contribution in [0.25, 0.3) is 11.1 Å². The van der Waals surface area contributed by atoms with E-state index in [4.69, 9.17) is 23.2 Å². The highest BCUT2D eigenvalue weighted by molar-refractivity contribution is 7.86. The lowest BCUT2D eigenvalue weighted by atomic mass is 10.0. The van der Waals surface area contributed by atoms with Crippen molar-refractivity contribution in [1.29, 1.82) is 0 Å². The molecule has 6 nitrogen and oxygen atoms in total. The summed E-state index contributed by atoms with van der Waals surface area (Å²) in [4.78, 5) is -1.08. The molecule has 0 saturated heterocycles. The minimum atomic E-state index is -4.71. The van der Waals surface area contributed by atoms with E-state index < -0.39 is 30.0 Å². The molecule has 0 spiro atoms. The van der Waals surface area contributed by atoms with Crippen molar-refractivity contribution < 1.29 is 25.9 Å². The highest BCUT2D eigenvalue weighted by Crippen LogP contribution is 2.39. The summed E-state index contributed by atoms with van der Waals surface area (Å²) in [5.74, 6) is 0. The molecule has 2 aromatic rings. The second-order valence-corrected chi connectivity index (χ2v) is 8.58. The van der Waals surface area contributed by atoms with Crippen molar-refractivity contribution in [2.45, 2.75) is 23.6 Å². The molecule has 0 aliphatic rings. The first kappa shape index (κ1) is 19.2. The number of benzene rings is 2. The third-order valence-electron chi connectivity index (χ3n) is 3.49. The van der Waals surface area contributed by atoms with Crippen LogP contribution in [0.15, 0.2) is 34.1 Å². The van der Waals surface area contributed by atoms with Crippen LogP contribution in [0.4, 0.5) is 0 Å². The minimum absolute atomic E-state index is 0.0468. The van der Waals surface area contributed by atoms with Crippen molar-refractivity contribution in [3.8, 4) is 11.1 Å². The van der Waals surface area contributed by atoms with E-state index in [0.29, 0.717) is 0 Å². The van der Waals surface area contributed by atoms with Gasteiger partial charge in [-0.25, -0.2) is 0 Å². The average Bonchev–Trinajstić information content (AvgIpc) is 2.41. The van der Waals surface area contributed by atoms with Crippen molar-refractivity contribution in [2.24, 2.45) is 0 Å². The van der Waals surface area contributed by atoms with Crippen LogP contribution in [0.3, 0.4) is 0 Å². The van der Waals surface area contributed by atoms with Gasteiger partial charge in [-0.3, -0.25) is 9.11 Å². The fraction of sp³-hybridized carbons (Fsp3) is 0.143. The number of hydrogen-bond donors (Lipinski definition) is 2. The first-order valence-electron chi connectivity index (χ1n) is 6.39. The van der Waals surface area contributed by atoms with Gasteiger partial charge in [0.15, 0.2) is 0 Å². The fourth-order valence-corrected chi connectivity index (χ4v) is 4.76. The Morgan fingerprint density at radius 2 is 1.00 bits per heavy atom. The third kappa shape index (κ3) is 3.44. The van der Waals surface area contributed by atoms with Crippen molar-refractivity contribution in [1.82, 2.24) is 0 Å². The van der Waals surface area contributed by atoms with Crippen LogP contribution in [0, 0.1) is 13.8 Å². The Bertz CT molecular complexity index is 958. The van der Waals surface area contributed by atoms with Crippen LogP contribution in [0.1, 0.15) is 11.1 Å². The summed E-state index contributed by atoms with van der Waals surface area (Å²) >= 11 is 11.8. The van der Waals surface area contributed by atoms with Crippen molar-refractivity contribution in [2.75, 3.05) is 0 Å². The average molecular weight is 411 g/mol. The Hall–Kier alpha value is -1.16. The van der Waals surface area contributed by atoms with Gasteiger partial charge in [0.2, 0.25) is 0 Å². The molecular weight excluding hydrogens is 399 g/mol. The lowest BCUT2D eigenvalue weighted by Crippen LogP contribution is -2.08. The Morgan fingerprint density at radius 3 is 1.25 bits per heavy atom. The number of halogens is 2. The second kappa shape index (κ2) is 6.29. The van der Waals surface area contributed by atoms with E-state index in [1.807, 2.05) is 0 Å². The summed E-state index contributed by atoms with van der Waals surface area (Å²) in [5, 5.41) is 0.149. The van der Waals surface area contributed by atoms with Crippen LogP contribution in [0.5, 0.6) is 0 Å². The minimum Gasteiger partial charge on any atom is -0.282 e. The maximum atomic E-state index is 11.8. The zero-order valence-electron chi connectivity index (χ0n) is 12.4. The summed E-state index contributed by atoms with van der Waals surface area (Å²) in [7, 11) is -9.43. The molecule has 0 radical (unpaired) electrons.